The zero-order valence-corrected chi connectivity index (χ0v) is 19.1. The number of aryl methyl sites for hydroxylation is 1. The molecule has 1 aliphatic heterocycles. The van der Waals surface area contributed by atoms with Gasteiger partial charge in [-0.3, -0.25) is 4.90 Å². The van der Waals surface area contributed by atoms with E-state index in [4.69, 9.17) is 4.98 Å². The Morgan fingerprint density at radius 3 is 2.71 bits per heavy atom. The second kappa shape index (κ2) is 8.61. The number of nitrogens with one attached hydrogen (secondary N) is 3. The Kier molecular flexibility index (Phi) is 5.69. The first-order valence-corrected chi connectivity index (χ1v) is 12.0. The molecule has 2 aliphatic rings. The Morgan fingerprint density at radius 2 is 1.90 bits per heavy atom. The van der Waals surface area contributed by atoms with Crippen LogP contribution >= 0.6 is 11.3 Å². The smallest absolute Gasteiger partial charge is 0.118 e. The fourth-order valence-electron chi connectivity index (χ4n) is 4.91. The van der Waals surface area contributed by atoms with E-state index in [9.17, 15) is 0 Å². The second-order valence-corrected chi connectivity index (χ2v) is 10.0. The summed E-state index contributed by atoms with van der Waals surface area (Å²) in [6.45, 7) is 6.23. The predicted octanol–water partition coefficient (Wildman–Crippen LogP) is 4.64. The Morgan fingerprint density at radius 1 is 1.13 bits per heavy atom. The van der Waals surface area contributed by atoms with Crippen LogP contribution in [0, 0.1) is 12.8 Å². The molecule has 2 heterocycles. The second-order valence-electron chi connectivity index (χ2n) is 8.81. The average molecular weight is 434 g/mol. The number of thiazole rings is 1. The van der Waals surface area contributed by atoms with Crippen molar-refractivity contribution >= 4 is 27.7 Å². The maximum absolute atomic E-state index is 4.88. The van der Waals surface area contributed by atoms with Crippen molar-refractivity contribution in [3.05, 3.63) is 70.9 Å². The van der Waals surface area contributed by atoms with Crippen LogP contribution in [0.25, 0.3) is 0 Å². The summed E-state index contributed by atoms with van der Waals surface area (Å²) in [5.41, 5.74) is 5.09. The minimum Gasteiger partial charge on any atom is -0.386 e. The molecule has 1 aromatic heterocycles. The summed E-state index contributed by atoms with van der Waals surface area (Å²) in [6.07, 6.45) is 2.44. The summed E-state index contributed by atoms with van der Waals surface area (Å²) in [6, 6.07) is 19.2. The lowest BCUT2D eigenvalue weighted by atomic mass is 10.0. The Hall–Kier alpha value is -2.41. The SMILES string of the molecule is CNc1ccccc1Nc1sc(C)nc1CN1CCNC2(CC2Cc2ccccc2)C1. The summed E-state index contributed by atoms with van der Waals surface area (Å²) in [7, 11) is 1.96. The molecule has 2 unspecified atom stereocenters. The van der Waals surface area contributed by atoms with Gasteiger partial charge in [-0.1, -0.05) is 42.5 Å². The summed E-state index contributed by atoms with van der Waals surface area (Å²) >= 11 is 1.74. The van der Waals surface area contributed by atoms with Gasteiger partial charge in [-0.15, -0.1) is 11.3 Å². The number of nitrogens with zero attached hydrogens (tertiary/aromatic N) is 2. The molecule has 1 aliphatic carbocycles. The van der Waals surface area contributed by atoms with Crippen molar-refractivity contribution in [2.24, 2.45) is 5.92 Å². The molecule has 6 heteroatoms. The average Bonchev–Trinajstić information content (AvgIpc) is 3.29. The molecule has 31 heavy (non-hydrogen) atoms. The van der Waals surface area contributed by atoms with E-state index >= 15 is 0 Å². The van der Waals surface area contributed by atoms with Crippen molar-refractivity contribution in [3.8, 4) is 0 Å². The van der Waals surface area contributed by atoms with E-state index in [0.717, 1.165) is 59.2 Å². The van der Waals surface area contributed by atoms with Gasteiger partial charge in [0.2, 0.25) is 0 Å². The number of hydrogen-bond donors (Lipinski definition) is 3. The molecule has 2 aromatic carbocycles. The molecular formula is C25H31N5S. The van der Waals surface area contributed by atoms with Gasteiger partial charge in [0, 0.05) is 38.8 Å². The van der Waals surface area contributed by atoms with Crippen LogP contribution in [-0.2, 0) is 13.0 Å². The fraction of sp³-hybridized carbons (Fsp3) is 0.400. The molecular weight excluding hydrogens is 402 g/mol. The van der Waals surface area contributed by atoms with Crippen LogP contribution in [0.1, 0.15) is 22.7 Å². The highest BCUT2D eigenvalue weighted by atomic mass is 32.1. The van der Waals surface area contributed by atoms with Gasteiger partial charge >= 0.3 is 0 Å². The van der Waals surface area contributed by atoms with E-state index in [0.29, 0.717) is 0 Å². The molecule has 3 N–H and O–H groups in total. The molecule has 1 saturated carbocycles. The zero-order chi connectivity index (χ0) is 21.3. The van der Waals surface area contributed by atoms with Crippen molar-refractivity contribution in [2.45, 2.75) is 31.8 Å². The van der Waals surface area contributed by atoms with E-state index < -0.39 is 0 Å². The monoisotopic (exact) mass is 433 g/mol. The lowest BCUT2D eigenvalue weighted by molar-refractivity contribution is 0.172. The topological polar surface area (TPSA) is 52.2 Å². The number of hydrogen-bond acceptors (Lipinski definition) is 6. The fourth-order valence-corrected chi connectivity index (χ4v) is 5.75. The van der Waals surface area contributed by atoms with E-state index in [1.807, 2.05) is 7.05 Å². The highest BCUT2D eigenvalue weighted by molar-refractivity contribution is 7.15. The number of aromatic nitrogens is 1. The predicted molar refractivity (Wildman–Crippen MR) is 130 cm³/mol. The van der Waals surface area contributed by atoms with Crippen LogP contribution in [0.2, 0.25) is 0 Å². The minimum absolute atomic E-state index is 0.283. The molecule has 2 atom stereocenters. The van der Waals surface area contributed by atoms with Gasteiger partial charge in [-0.25, -0.2) is 4.98 Å². The molecule has 0 bridgehead atoms. The van der Waals surface area contributed by atoms with Crippen molar-refractivity contribution in [3.63, 3.8) is 0 Å². The number of rotatable bonds is 7. The normalized spacial score (nSPS) is 23.1. The van der Waals surface area contributed by atoms with Crippen molar-refractivity contribution in [2.75, 3.05) is 37.3 Å². The molecule has 5 nitrogen and oxygen atoms in total. The van der Waals surface area contributed by atoms with Gasteiger partial charge in [0.1, 0.15) is 5.00 Å². The Balaban J connectivity index is 1.26. The summed E-state index contributed by atoms with van der Waals surface area (Å²) in [5.74, 6) is 0.731. The molecule has 2 fully saturated rings. The van der Waals surface area contributed by atoms with E-state index in [1.54, 1.807) is 11.3 Å². The summed E-state index contributed by atoms with van der Waals surface area (Å²) in [5, 5.41) is 13.0. The maximum Gasteiger partial charge on any atom is 0.118 e. The van der Waals surface area contributed by atoms with Gasteiger partial charge in [0.15, 0.2) is 0 Å². The Bertz CT molecular complexity index is 1030. The van der Waals surface area contributed by atoms with Gasteiger partial charge in [0.25, 0.3) is 0 Å². The van der Waals surface area contributed by atoms with Crippen LogP contribution in [0.4, 0.5) is 16.4 Å². The standard InChI is InChI=1S/C25H31N5S/c1-18-28-23(24(31-18)29-22-11-7-6-10-21(22)26-2)16-30-13-12-27-25(17-30)15-20(25)14-19-8-4-3-5-9-19/h3-11,20,26-27,29H,12-17H2,1-2H3. The Labute approximate surface area is 188 Å². The zero-order valence-electron chi connectivity index (χ0n) is 18.3. The van der Waals surface area contributed by atoms with Crippen LogP contribution < -0.4 is 16.0 Å². The molecule has 3 aromatic rings. The van der Waals surface area contributed by atoms with Crippen molar-refractivity contribution in [1.29, 1.82) is 0 Å². The third-order valence-corrected chi connectivity index (χ3v) is 7.52. The number of benzene rings is 2. The maximum atomic E-state index is 4.88. The quantitative estimate of drug-likeness (QED) is 0.507. The van der Waals surface area contributed by atoms with E-state index in [-0.39, 0.29) is 5.54 Å². The van der Waals surface area contributed by atoms with Crippen LogP contribution in [0.15, 0.2) is 54.6 Å². The van der Waals surface area contributed by atoms with Gasteiger partial charge in [-0.05, 0) is 43.4 Å². The molecule has 162 valence electrons. The summed E-state index contributed by atoms with van der Waals surface area (Å²) < 4.78 is 0. The third kappa shape index (κ3) is 4.47. The first kappa shape index (κ1) is 20.5. The number of anilines is 3. The van der Waals surface area contributed by atoms with Gasteiger partial charge in [-0.2, -0.15) is 0 Å². The van der Waals surface area contributed by atoms with Crippen LogP contribution in [-0.4, -0.2) is 42.1 Å². The molecule has 0 radical (unpaired) electrons. The highest BCUT2D eigenvalue weighted by Gasteiger charge is 2.55. The summed E-state index contributed by atoms with van der Waals surface area (Å²) in [4.78, 5) is 7.47. The van der Waals surface area contributed by atoms with Crippen molar-refractivity contribution < 1.29 is 0 Å². The molecule has 0 amide bonds. The highest BCUT2D eigenvalue weighted by Crippen LogP contribution is 2.47. The van der Waals surface area contributed by atoms with E-state index in [1.165, 1.54) is 18.4 Å². The molecule has 5 rings (SSSR count). The van der Waals surface area contributed by atoms with E-state index in [2.05, 4.69) is 82.4 Å². The molecule has 1 saturated heterocycles. The lowest BCUT2D eigenvalue weighted by Gasteiger charge is -2.35. The van der Waals surface area contributed by atoms with Crippen molar-refractivity contribution in [1.82, 2.24) is 15.2 Å². The first-order valence-electron chi connectivity index (χ1n) is 11.2. The van der Waals surface area contributed by atoms with Crippen LogP contribution in [0.3, 0.4) is 0 Å². The molecule has 1 spiro atoms. The lowest BCUT2D eigenvalue weighted by Crippen LogP contribution is -2.53. The van der Waals surface area contributed by atoms with Gasteiger partial charge in [0.05, 0.1) is 22.1 Å². The number of para-hydroxylation sites is 2. The first-order chi connectivity index (χ1) is 15.1. The minimum atomic E-state index is 0.283. The number of piperazine rings is 1. The third-order valence-electron chi connectivity index (χ3n) is 6.59. The van der Waals surface area contributed by atoms with Crippen LogP contribution in [0.5, 0.6) is 0 Å². The largest absolute Gasteiger partial charge is 0.386 e. The van der Waals surface area contributed by atoms with Gasteiger partial charge < -0.3 is 16.0 Å².